The van der Waals surface area contributed by atoms with Crippen molar-refractivity contribution in [2.24, 2.45) is 11.7 Å². The second kappa shape index (κ2) is 13.8. The van der Waals surface area contributed by atoms with Crippen molar-refractivity contribution < 1.29 is 14.4 Å². The molecule has 6 rings (SSSR count). The lowest BCUT2D eigenvalue weighted by molar-refractivity contribution is -0.136. The van der Waals surface area contributed by atoms with Gasteiger partial charge in [0, 0.05) is 30.2 Å². The van der Waals surface area contributed by atoms with Gasteiger partial charge in [-0.2, -0.15) is 0 Å². The Labute approximate surface area is 273 Å². The van der Waals surface area contributed by atoms with Gasteiger partial charge in [-0.15, -0.1) is 0 Å². The number of amides is 3. The Balaban J connectivity index is 1.35. The van der Waals surface area contributed by atoms with Crippen LogP contribution in [0.5, 0.6) is 0 Å². The Kier molecular flexibility index (Phi) is 9.24. The number of rotatable bonds is 9. The number of nitrogens with one attached hydrogen (secondary N) is 1. The van der Waals surface area contributed by atoms with Gasteiger partial charge >= 0.3 is 0 Å². The molecule has 0 bridgehead atoms. The SMILES string of the molecule is NCc1ccc(N2C(=O)C(CC(=O)NCc3ccccc3Cl)C(=O)N(Cc3ccc(-c4ccccc4)cc3)c3ccccc32)cc1. The number of hydrogen-bond donors (Lipinski definition) is 2. The molecule has 0 saturated heterocycles. The second-order valence-electron chi connectivity index (χ2n) is 11.1. The van der Waals surface area contributed by atoms with Crippen LogP contribution in [-0.2, 0) is 34.0 Å². The molecule has 1 unspecified atom stereocenters. The maximum Gasteiger partial charge on any atom is 0.244 e. The second-order valence-corrected chi connectivity index (χ2v) is 11.6. The minimum Gasteiger partial charge on any atom is -0.352 e. The van der Waals surface area contributed by atoms with Crippen molar-refractivity contribution in [3.63, 3.8) is 0 Å². The molecule has 0 aromatic heterocycles. The number of halogens is 1. The van der Waals surface area contributed by atoms with Crippen LogP contribution in [0.25, 0.3) is 11.1 Å². The fourth-order valence-electron chi connectivity index (χ4n) is 5.66. The van der Waals surface area contributed by atoms with E-state index in [0.717, 1.165) is 27.8 Å². The average molecular weight is 629 g/mol. The molecule has 1 heterocycles. The molecule has 1 aliphatic rings. The summed E-state index contributed by atoms with van der Waals surface area (Å²) in [4.78, 5) is 45.3. The molecule has 0 saturated carbocycles. The van der Waals surface area contributed by atoms with Gasteiger partial charge in [-0.25, -0.2) is 0 Å². The zero-order valence-corrected chi connectivity index (χ0v) is 25.9. The molecule has 46 heavy (non-hydrogen) atoms. The first kappa shape index (κ1) is 30.8. The van der Waals surface area contributed by atoms with Crippen LogP contribution in [0.4, 0.5) is 17.1 Å². The van der Waals surface area contributed by atoms with E-state index < -0.39 is 23.6 Å². The molecule has 5 aromatic rings. The molecule has 0 radical (unpaired) electrons. The highest BCUT2D eigenvalue weighted by Gasteiger charge is 2.42. The summed E-state index contributed by atoms with van der Waals surface area (Å²) in [6.07, 6.45) is -0.322. The standard InChI is InChI=1S/C38H33ClN4O3/c39-33-11-5-4-10-30(33)24-41-36(44)22-32-37(45)42(25-27-14-18-29(19-15-27)28-8-2-1-3-9-28)34-12-6-7-13-35(34)43(38(32)46)31-20-16-26(23-40)17-21-31/h1-21,32H,22-25,40H2,(H,41,44). The lowest BCUT2D eigenvalue weighted by Crippen LogP contribution is -2.43. The Bertz CT molecular complexity index is 1860. The quantitative estimate of drug-likeness (QED) is 0.172. The van der Waals surface area contributed by atoms with Crippen LogP contribution in [0.3, 0.4) is 0 Å². The number of carbonyl (C=O) groups is 3. The number of nitrogens with two attached hydrogens (primary N) is 1. The van der Waals surface area contributed by atoms with Crippen molar-refractivity contribution in [1.82, 2.24) is 5.32 Å². The van der Waals surface area contributed by atoms with Gasteiger partial charge in [0.2, 0.25) is 17.7 Å². The van der Waals surface area contributed by atoms with Crippen molar-refractivity contribution in [3.05, 3.63) is 149 Å². The van der Waals surface area contributed by atoms with E-state index in [2.05, 4.69) is 5.32 Å². The monoisotopic (exact) mass is 628 g/mol. The summed E-state index contributed by atoms with van der Waals surface area (Å²) >= 11 is 6.29. The number of hydrogen-bond acceptors (Lipinski definition) is 4. The molecule has 0 fully saturated rings. The molecule has 3 amide bonds. The molecule has 7 nitrogen and oxygen atoms in total. The van der Waals surface area contributed by atoms with Crippen LogP contribution in [0, 0.1) is 5.92 Å². The smallest absolute Gasteiger partial charge is 0.244 e. The summed E-state index contributed by atoms with van der Waals surface area (Å²) in [6.45, 7) is 0.750. The third-order valence-electron chi connectivity index (χ3n) is 8.15. The number of para-hydroxylation sites is 2. The summed E-state index contributed by atoms with van der Waals surface area (Å²) in [5.74, 6) is -2.62. The molecule has 8 heteroatoms. The first-order chi connectivity index (χ1) is 22.4. The van der Waals surface area contributed by atoms with E-state index in [0.29, 0.717) is 28.6 Å². The summed E-state index contributed by atoms with van der Waals surface area (Å²) in [5.41, 5.74) is 12.2. The highest BCUT2D eigenvalue weighted by Crippen LogP contribution is 2.40. The molecule has 0 aliphatic carbocycles. The van der Waals surface area contributed by atoms with Crippen molar-refractivity contribution >= 4 is 46.4 Å². The summed E-state index contributed by atoms with van der Waals surface area (Å²) in [7, 11) is 0. The molecule has 3 N–H and O–H groups in total. The predicted molar refractivity (Wildman–Crippen MR) is 182 cm³/mol. The van der Waals surface area contributed by atoms with Gasteiger partial charge in [0.25, 0.3) is 0 Å². The van der Waals surface area contributed by atoms with Crippen LogP contribution < -0.4 is 20.9 Å². The lowest BCUT2D eigenvalue weighted by atomic mass is 10.00. The molecule has 230 valence electrons. The first-order valence-corrected chi connectivity index (χ1v) is 15.5. The predicted octanol–water partition coefficient (Wildman–Crippen LogP) is 7.00. The van der Waals surface area contributed by atoms with Gasteiger partial charge in [0.15, 0.2) is 0 Å². The zero-order chi connectivity index (χ0) is 32.0. The number of carbonyl (C=O) groups excluding carboxylic acids is 3. The van der Waals surface area contributed by atoms with Crippen LogP contribution in [0.15, 0.2) is 127 Å². The van der Waals surface area contributed by atoms with E-state index in [9.17, 15) is 14.4 Å². The Morgan fingerprint density at radius 3 is 2.00 bits per heavy atom. The molecular weight excluding hydrogens is 596 g/mol. The van der Waals surface area contributed by atoms with Crippen molar-refractivity contribution in [1.29, 1.82) is 0 Å². The van der Waals surface area contributed by atoms with Gasteiger partial charge in [0.1, 0.15) is 5.92 Å². The zero-order valence-electron chi connectivity index (χ0n) is 25.1. The molecule has 1 atom stereocenters. The van der Waals surface area contributed by atoms with Crippen LogP contribution in [0.2, 0.25) is 5.02 Å². The number of fused-ring (bicyclic) bond motifs is 1. The average Bonchev–Trinajstić information content (AvgIpc) is 3.17. The number of anilines is 3. The van der Waals surface area contributed by atoms with Gasteiger partial charge < -0.3 is 16.0 Å². The van der Waals surface area contributed by atoms with Crippen molar-refractivity contribution in [2.75, 3.05) is 9.80 Å². The fourth-order valence-corrected chi connectivity index (χ4v) is 5.87. The van der Waals surface area contributed by atoms with E-state index in [4.69, 9.17) is 17.3 Å². The number of benzene rings is 5. The van der Waals surface area contributed by atoms with Crippen molar-refractivity contribution in [3.8, 4) is 11.1 Å². The molecule has 1 aliphatic heterocycles. The minimum atomic E-state index is -1.27. The summed E-state index contributed by atoms with van der Waals surface area (Å²) in [5, 5.41) is 3.37. The Hall–Kier alpha value is -5.24. The van der Waals surface area contributed by atoms with E-state index in [-0.39, 0.29) is 19.5 Å². The van der Waals surface area contributed by atoms with Gasteiger partial charge in [-0.1, -0.05) is 109 Å². The van der Waals surface area contributed by atoms with Crippen LogP contribution in [0.1, 0.15) is 23.1 Å². The van der Waals surface area contributed by atoms with E-state index in [1.54, 1.807) is 11.0 Å². The fraction of sp³-hybridized carbons (Fsp3) is 0.132. The lowest BCUT2D eigenvalue weighted by Gasteiger charge is -2.26. The first-order valence-electron chi connectivity index (χ1n) is 15.1. The minimum absolute atomic E-state index is 0.176. The van der Waals surface area contributed by atoms with E-state index in [1.807, 2.05) is 121 Å². The van der Waals surface area contributed by atoms with Gasteiger partial charge in [-0.3, -0.25) is 19.3 Å². The Morgan fingerprint density at radius 1 is 0.696 bits per heavy atom. The third-order valence-corrected chi connectivity index (χ3v) is 8.52. The largest absolute Gasteiger partial charge is 0.352 e. The van der Waals surface area contributed by atoms with Gasteiger partial charge in [0.05, 0.1) is 17.9 Å². The van der Waals surface area contributed by atoms with E-state index >= 15 is 0 Å². The maximum absolute atomic E-state index is 14.4. The summed E-state index contributed by atoms with van der Waals surface area (Å²) < 4.78 is 0. The highest BCUT2D eigenvalue weighted by atomic mass is 35.5. The molecular formula is C38H33ClN4O3. The highest BCUT2D eigenvalue weighted by molar-refractivity contribution is 6.31. The topological polar surface area (TPSA) is 95.7 Å². The van der Waals surface area contributed by atoms with Crippen molar-refractivity contribution in [2.45, 2.75) is 26.1 Å². The Morgan fingerprint density at radius 2 is 1.30 bits per heavy atom. The summed E-state index contributed by atoms with van der Waals surface area (Å²) in [6, 6.07) is 40.0. The van der Waals surface area contributed by atoms with Crippen LogP contribution in [-0.4, -0.2) is 17.7 Å². The molecule has 0 spiro atoms. The molecule has 5 aromatic carbocycles. The van der Waals surface area contributed by atoms with Crippen LogP contribution >= 0.6 is 11.6 Å². The normalized spacial score (nSPS) is 14.5. The number of nitrogens with zero attached hydrogens (tertiary/aromatic N) is 2. The maximum atomic E-state index is 14.4. The van der Waals surface area contributed by atoms with E-state index in [1.165, 1.54) is 4.90 Å². The third kappa shape index (κ3) is 6.56. The van der Waals surface area contributed by atoms with Gasteiger partial charge in [-0.05, 0) is 58.1 Å².